The molecule has 0 spiro atoms. The molecule has 1 aliphatic heterocycles. The number of nitrogens with zero attached hydrogens (tertiary/aromatic N) is 2. The van der Waals surface area contributed by atoms with Crippen molar-refractivity contribution in [2.45, 2.75) is 19.9 Å². The second-order valence-electron chi connectivity index (χ2n) is 5.42. The maximum atomic E-state index is 12.7. The first-order valence-electron chi connectivity index (χ1n) is 7.21. The van der Waals surface area contributed by atoms with Gasteiger partial charge in [0, 0.05) is 36.7 Å². The van der Waals surface area contributed by atoms with Crippen LogP contribution in [0.25, 0.3) is 10.9 Å². The van der Waals surface area contributed by atoms with Gasteiger partial charge in [-0.25, -0.2) is 0 Å². The number of carbonyl (C=O) groups excluding carboxylic acids is 1. The van der Waals surface area contributed by atoms with Crippen molar-refractivity contribution in [3.05, 3.63) is 36.0 Å². The number of rotatable bonds is 3. The molecule has 1 N–H and O–H groups in total. The molecule has 1 unspecified atom stereocenters. The average molecular weight is 286 g/mol. The molecule has 0 saturated carbocycles. The minimum absolute atomic E-state index is 0.0675. The van der Waals surface area contributed by atoms with E-state index in [1.807, 2.05) is 42.0 Å². The summed E-state index contributed by atoms with van der Waals surface area (Å²) in [5, 5.41) is 9.99. The monoisotopic (exact) mass is 286 g/mol. The number of benzene rings is 1. The van der Waals surface area contributed by atoms with Crippen LogP contribution in [-0.2, 0) is 11.3 Å². The van der Waals surface area contributed by atoms with Crippen LogP contribution in [0.1, 0.15) is 23.7 Å². The topological polar surface area (TPSA) is 62.5 Å². The largest absolute Gasteiger partial charge is 0.481 e. The Bertz CT molecular complexity index is 705. The van der Waals surface area contributed by atoms with Gasteiger partial charge in [-0.2, -0.15) is 0 Å². The van der Waals surface area contributed by atoms with E-state index in [1.54, 1.807) is 4.90 Å². The van der Waals surface area contributed by atoms with E-state index < -0.39 is 11.9 Å². The number of carbonyl (C=O) groups is 2. The van der Waals surface area contributed by atoms with Gasteiger partial charge in [0.05, 0.1) is 11.5 Å². The van der Waals surface area contributed by atoms with E-state index in [4.69, 9.17) is 5.11 Å². The number of aryl methyl sites for hydroxylation is 1. The Morgan fingerprint density at radius 1 is 1.33 bits per heavy atom. The Labute approximate surface area is 122 Å². The molecule has 5 heteroatoms. The number of aliphatic carboxylic acids is 1. The highest BCUT2D eigenvalue weighted by molar-refractivity contribution is 6.07. The summed E-state index contributed by atoms with van der Waals surface area (Å²) in [6.45, 7) is 3.66. The molecule has 2 heterocycles. The summed E-state index contributed by atoms with van der Waals surface area (Å²) in [4.78, 5) is 25.4. The molecule has 1 aromatic heterocycles. The summed E-state index contributed by atoms with van der Waals surface area (Å²) in [5.74, 6) is -1.32. The number of aromatic nitrogens is 1. The van der Waals surface area contributed by atoms with E-state index in [2.05, 4.69) is 0 Å². The van der Waals surface area contributed by atoms with Crippen LogP contribution in [0.15, 0.2) is 30.5 Å². The van der Waals surface area contributed by atoms with Crippen LogP contribution >= 0.6 is 0 Å². The summed E-state index contributed by atoms with van der Waals surface area (Å²) < 4.78 is 2.05. The van der Waals surface area contributed by atoms with Crippen LogP contribution in [0, 0.1) is 5.92 Å². The average Bonchev–Trinajstić information content (AvgIpc) is 3.11. The Morgan fingerprint density at radius 2 is 2.10 bits per heavy atom. The number of para-hydroxylation sites is 1. The van der Waals surface area contributed by atoms with Gasteiger partial charge in [-0.15, -0.1) is 0 Å². The van der Waals surface area contributed by atoms with Crippen LogP contribution in [0.2, 0.25) is 0 Å². The number of likely N-dealkylation sites (tertiary alicyclic amines) is 1. The predicted octanol–water partition coefficient (Wildman–Crippen LogP) is 2.21. The molecule has 0 bridgehead atoms. The molecule has 2 aromatic rings. The molecule has 1 fully saturated rings. The van der Waals surface area contributed by atoms with Crippen molar-refractivity contribution in [3.8, 4) is 0 Å². The third-order valence-corrected chi connectivity index (χ3v) is 4.18. The summed E-state index contributed by atoms with van der Waals surface area (Å²) in [5.41, 5.74) is 1.70. The number of hydrogen-bond donors (Lipinski definition) is 1. The van der Waals surface area contributed by atoms with Crippen molar-refractivity contribution in [3.63, 3.8) is 0 Å². The van der Waals surface area contributed by atoms with Crippen LogP contribution < -0.4 is 0 Å². The summed E-state index contributed by atoms with van der Waals surface area (Å²) in [6, 6.07) is 7.82. The molecule has 110 valence electrons. The summed E-state index contributed by atoms with van der Waals surface area (Å²) in [7, 11) is 0. The number of carboxylic acid groups (broad SMARTS) is 1. The standard InChI is InChI=1S/C16H18N2O3/c1-2-17-10-13(12-5-3-4-6-14(12)17)15(19)18-8-7-11(9-18)16(20)21/h3-6,10-11H,2,7-9H2,1H3,(H,20,21). The highest BCUT2D eigenvalue weighted by Crippen LogP contribution is 2.25. The molecule has 5 nitrogen and oxygen atoms in total. The van der Waals surface area contributed by atoms with Crippen LogP contribution in [0.3, 0.4) is 0 Å². The zero-order valence-electron chi connectivity index (χ0n) is 12.0. The minimum Gasteiger partial charge on any atom is -0.481 e. The third-order valence-electron chi connectivity index (χ3n) is 4.18. The van der Waals surface area contributed by atoms with E-state index in [0.29, 0.717) is 25.1 Å². The van der Waals surface area contributed by atoms with Crippen LogP contribution in [-0.4, -0.2) is 39.5 Å². The maximum Gasteiger partial charge on any atom is 0.308 e. The molecule has 3 rings (SSSR count). The fourth-order valence-corrected chi connectivity index (χ4v) is 3.00. The molecular formula is C16H18N2O3. The van der Waals surface area contributed by atoms with E-state index in [1.165, 1.54) is 0 Å². The van der Waals surface area contributed by atoms with E-state index in [-0.39, 0.29) is 5.91 Å². The van der Waals surface area contributed by atoms with Gasteiger partial charge in [0.15, 0.2) is 0 Å². The van der Waals surface area contributed by atoms with Crippen molar-refractivity contribution >= 4 is 22.8 Å². The normalized spacial score (nSPS) is 18.3. The van der Waals surface area contributed by atoms with E-state index in [9.17, 15) is 9.59 Å². The van der Waals surface area contributed by atoms with Crippen molar-refractivity contribution < 1.29 is 14.7 Å². The van der Waals surface area contributed by atoms with Gasteiger partial charge in [0.2, 0.25) is 0 Å². The SMILES string of the molecule is CCn1cc(C(=O)N2CCC(C(=O)O)C2)c2ccccc21. The first-order valence-corrected chi connectivity index (χ1v) is 7.21. The Morgan fingerprint density at radius 3 is 2.76 bits per heavy atom. The fourth-order valence-electron chi connectivity index (χ4n) is 3.00. The smallest absolute Gasteiger partial charge is 0.308 e. The molecule has 1 amide bonds. The van der Waals surface area contributed by atoms with Crippen molar-refractivity contribution in [1.82, 2.24) is 9.47 Å². The first kappa shape index (κ1) is 13.7. The lowest BCUT2D eigenvalue weighted by molar-refractivity contribution is -0.141. The summed E-state index contributed by atoms with van der Waals surface area (Å²) >= 11 is 0. The predicted molar refractivity (Wildman–Crippen MR) is 79.3 cm³/mol. The zero-order chi connectivity index (χ0) is 15.0. The molecule has 0 aliphatic carbocycles. The van der Waals surface area contributed by atoms with Crippen molar-refractivity contribution in [2.24, 2.45) is 5.92 Å². The van der Waals surface area contributed by atoms with E-state index in [0.717, 1.165) is 17.4 Å². The fraction of sp³-hybridized carbons (Fsp3) is 0.375. The lowest BCUT2D eigenvalue weighted by atomic mass is 10.1. The highest BCUT2D eigenvalue weighted by atomic mass is 16.4. The molecular weight excluding hydrogens is 268 g/mol. The van der Waals surface area contributed by atoms with Gasteiger partial charge in [-0.3, -0.25) is 9.59 Å². The van der Waals surface area contributed by atoms with Crippen molar-refractivity contribution in [1.29, 1.82) is 0 Å². The molecule has 1 atom stereocenters. The number of carboxylic acids is 1. The second kappa shape index (κ2) is 5.24. The molecule has 1 saturated heterocycles. The third kappa shape index (κ3) is 2.28. The highest BCUT2D eigenvalue weighted by Gasteiger charge is 2.32. The van der Waals surface area contributed by atoms with Crippen molar-refractivity contribution in [2.75, 3.05) is 13.1 Å². The zero-order valence-corrected chi connectivity index (χ0v) is 12.0. The van der Waals surface area contributed by atoms with Gasteiger partial charge in [-0.05, 0) is 19.4 Å². The van der Waals surface area contributed by atoms with E-state index >= 15 is 0 Å². The maximum absolute atomic E-state index is 12.7. The minimum atomic E-state index is -0.818. The van der Waals surface area contributed by atoms with Gasteiger partial charge in [0.1, 0.15) is 0 Å². The van der Waals surface area contributed by atoms with Gasteiger partial charge in [0.25, 0.3) is 5.91 Å². The number of amides is 1. The second-order valence-corrected chi connectivity index (χ2v) is 5.42. The van der Waals surface area contributed by atoms with Gasteiger partial charge < -0.3 is 14.6 Å². The molecule has 1 aromatic carbocycles. The van der Waals surface area contributed by atoms with Gasteiger partial charge in [-0.1, -0.05) is 18.2 Å². The lowest BCUT2D eigenvalue weighted by Crippen LogP contribution is -2.29. The molecule has 1 aliphatic rings. The van der Waals surface area contributed by atoms with Crippen LogP contribution in [0.4, 0.5) is 0 Å². The number of fused-ring (bicyclic) bond motifs is 1. The quantitative estimate of drug-likeness (QED) is 0.941. The first-order chi connectivity index (χ1) is 10.1. The molecule has 0 radical (unpaired) electrons. The Hall–Kier alpha value is -2.30. The number of hydrogen-bond acceptors (Lipinski definition) is 2. The van der Waals surface area contributed by atoms with Gasteiger partial charge >= 0.3 is 5.97 Å². The molecule has 21 heavy (non-hydrogen) atoms. The lowest BCUT2D eigenvalue weighted by Gasteiger charge is -2.15. The summed E-state index contributed by atoms with van der Waals surface area (Å²) in [6.07, 6.45) is 2.41. The Kier molecular flexibility index (Phi) is 3.41. The van der Waals surface area contributed by atoms with Crippen LogP contribution in [0.5, 0.6) is 0 Å². The Balaban J connectivity index is 1.94.